The average Bonchev–Trinajstić information content (AvgIpc) is 2.82. The van der Waals surface area contributed by atoms with Gasteiger partial charge in [0.25, 0.3) is 0 Å². The highest BCUT2D eigenvalue weighted by atomic mass is 16.4. The van der Waals surface area contributed by atoms with E-state index in [0.717, 1.165) is 0 Å². The quantitative estimate of drug-likeness (QED) is 0.104. The van der Waals surface area contributed by atoms with Gasteiger partial charge >= 0.3 is 11.9 Å². The Bertz CT molecular complexity index is 910. The van der Waals surface area contributed by atoms with Crippen molar-refractivity contribution in [2.45, 2.75) is 56.3 Å². The Labute approximate surface area is 207 Å². The fourth-order valence-electron chi connectivity index (χ4n) is 3.12. The first kappa shape index (κ1) is 30.3. The van der Waals surface area contributed by atoms with E-state index in [-0.39, 0.29) is 18.6 Å². The van der Waals surface area contributed by atoms with E-state index in [1.165, 1.54) is 24.3 Å². The number of nitrogens with two attached hydrogens (primary N) is 2. The second-order valence-corrected chi connectivity index (χ2v) is 8.06. The Morgan fingerprint density at radius 2 is 1.39 bits per heavy atom. The molecule has 1 aromatic rings. The third-order valence-electron chi connectivity index (χ3n) is 5.12. The van der Waals surface area contributed by atoms with Crippen LogP contribution in [0.3, 0.4) is 0 Å². The molecule has 0 heterocycles. The number of amides is 3. The molecular weight excluding hydrogens is 478 g/mol. The van der Waals surface area contributed by atoms with E-state index in [1.807, 2.05) is 0 Å². The number of rotatable bonds is 16. The minimum Gasteiger partial charge on any atom is -0.508 e. The van der Waals surface area contributed by atoms with Gasteiger partial charge in [0.15, 0.2) is 0 Å². The van der Waals surface area contributed by atoms with Crippen LogP contribution in [0.4, 0.5) is 0 Å². The van der Waals surface area contributed by atoms with Crippen molar-refractivity contribution in [3.05, 3.63) is 29.8 Å². The lowest BCUT2D eigenvalue weighted by Crippen LogP contribution is -2.58. The fourth-order valence-corrected chi connectivity index (χ4v) is 3.12. The molecule has 0 fully saturated rings. The van der Waals surface area contributed by atoms with Crippen molar-refractivity contribution >= 4 is 29.7 Å². The summed E-state index contributed by atoms with van der Waals surface area (Å²) in [6.07, 6.45) is 0.0856. The highest BCUT2D eigenvalue weighted by molar-refractivity contribution is 5.94. The Morgan fingerprint density at radius 1 is 0.833 bits per heavy atom. The second kappa shape index (κ2) is 15.3. The maximum absolute atomic E-state index is 13.0. The molecule has 14 heteroatoms. The van der Waals surface area contributed by atoms with Crippen molar-refractivity contribution in [1.82, 2.24) is 16.0 Å². The molecule has 4 atom stereocenters. The summed E-state index contributed by atoms with van der Waals surface area (Å²) < 4.78 is 0. The Morgan fingerprint density at radius 3 is 1.92 bits per heavy atom. The number of aromatic hydroxyl groups is 1. The van der Waals surface area contributed by atoms with Crippen LogP contribution in [0.5, 0.6) is 5.75 Å². The number of hydrogen-bond acceptors (Lipinski definition) is 9. The normalized spacial score (nSPS) is 14.1. The molecule has 4 unspecified atom stereocenters. The number of benzene rings is 1. The SMILES string of the molecule is NCCCCC(NC(=O)C(N)CO)C(=O)NC(Cc1ccc(O)cc1)C(=O)NC(CC(=O)O)C(=O)O. The lowest BCUT2D eigenvalue weighted by atomic mass is 10.0. The predicted molar refractivity (Wildman–Crippen MR) is 125 cm³/mol. The first-order valence-electron chi connectivity index (χ1n) is 11.2. The molecule has 0 aliphatic heterocycles. The summed E-state index contributed by atoms with van der Waals surface area (Å²) in [6.45, 7) is -0.320. The molecule has 0 radical (unpaired) electrons. The molecule has 36 heavy (non-hydrogen) atoms. The van der Waals surface area contributed by atoms with E-state index in [2.05, 4.69) is 16.0 Å². The van der Waals surface area contributed by atoms with E-state index in [9.17, 15) is 34.2 Å². The molecular formula is C22H33N5O9. The second-order valence-electron chi connectivity index (χ2n) is 8.06. The standard InChI is InChI=1S/C22H33N5O9/c23-8-2-1-3-15(25-19(32)14(24)11-28)20(33)26-16(9-12-4-6-13(29)7-5-12)21(34)27-17(22(35)36)10-18(30)31/h4-7,14-17,28-29H,1-3,8-11,23-24H2,(H,25,32)(H,26,33)(H,27,34)(H,30,31)(H,35,36). The Kier molecular flexibility index (Phi) is 12.9. The number of carbonyl (C=O) groups is 5. The summed E-state index contributed by atoms with van der Waals surface area (Å²) in [6, 6.07) is 0.119. The van der Waals surface area contributed by atoms with Crippen molar-refractivity contribution in [3.8, 4) is 5.75 Å². The smallest absolute Gasteiger partial charge is 0.326 e. The molecule has 200 valence electrons. The summed E-state index contributed by atoms with van der Waals surface area (Å²) in [5.41, 5.74) is 11.5. The molecule has 0 aliphatic carbocycles. The maximum Gasteiger partial charge on any atom is 0.326 e. The van der Waals surface area contributed by atoms with Crippen LogP contribution in [-0.2, 0) is 30.4 Å². The number of carboxylic acids is 2. The van der Waals surface area contributed by atoms with Crippen molar-refractivity contribution in [1.29, 1.82) is 0 Å². The van der Waals surface area contributed by atoms with E-state index in [0.29, 0.717) is 24.9 Å². The van der Waals surface area contributed by atoms with Gasteiger partial charge < -0.3 is 47.8 Å². The number of hydrogen-bond donors (Lipinski definition) is 9. The average molecular weight is 512 g/mol. The first-order chi connectivity index (χ1) is 17.0. The topological polar surface area (TPSA) is 254 Å². The van der Waals surface area contributed by atoms with Crippen LogP contribution in [0.2, 0.25) is 0 Å². The van der Waals surface area contributed by atoms with Crippen molar-refractivity contribution in [2.75, 3.05) is 13.2 Å². The molecule has 0 spiro atoms. The molecule has 0 saturated heterocycles. The molecule has 0 aliphatic rings. The zero-order valence-corrected chi connectivity index (χ0v) is 19.6. The molecule has 0 bridgehead atoms. The largest absolute Gasteiger partial charge is 0.508 e. The summed E-state index contributed by atoms with van der Waals surface area (Å²) in [5.74, 6) is -5.62. The van der Waals surface area contributed by atoms with Gasteiger partial charge in [-0.25, -0.2) is 4.79 Å². The van der Waals surface area contributed by atoms with Gasteiger partial charge in [0.2, 0.25) is 17.7 Å². The monoisotopic (exact) mass is 511 g/mol. The van der Waals surface area contributed by atoms with Crippen LogP contribution >= 0.6 is 0 Å². The van der Waals surface area contributed by atoms with Crippen molar-refractivity contribution in [2.24, 2.45) is 11.5 Å². The molecule has 11 N–H and O–H groups in total. The van der Waals surface area contributed by atoms with Crippen LogP contribution < -0.4 is 27.4 Å². The minimum absolute atomic E-state index is 0.0425. The number of phenolic OH excluding ortho intramolecular Hbond substituents is 1. The van der Waals surface area contributed by atoms with E-state index in [1.54, 1.807) is 0 Å². The number of aliphatic hydroxyl groups is 1. The number of aliphatic carboxylic acids is 2. The number of aliphatic hydroxyl groups excluding tert-OH is 1. The molecule has 14 nitrogen and oxygen atoms in total. The Hall–Kier alpha value is -3.75. The van der Waals surface area contributed by atoms with Crippen LogP contribution in [0.15, 0.2) is 24.3 Å². The van der Waals surface area contributed by atoms with Gasteiger partial charge in [0, 0.05) is 6.42 Å². The number of phenols is 1. The highest BCUT2D eigenvalue weighted by Gasteiger charge is 2.31. The minimum atomic E-state index is -1.75. The summed E-state index contributed by atoms with van der Waals surface area (Å²) in [4.78, 5) is 60.5. The summed E-state index contributed by atoms with van der Waals surface area (Å²) >= 11 is 0. The van der Waals surface area contributed by atoms with Crippen molar-refractivity contribution in [3.63, 3.8) is 0 Å². The zero-order chi connectivity index (χ0) is 27.3. The first-order valence-corrected chi connectivity index (χ1v) is 11.2. The third-order valence-corrected chi connectivity index (χ3v) is 5.12. The maximum atomic E-state index is 13.0. The van der Waals surface area contributed by atoms with Gasteiger partial charge in [-0.3, -0.25) is 19.2 Å². The fraction of sp³-hybridized carbons (Fsp3) is 0.500. The van der Waals surface area contributed by atoms with Gasteiger partial charge in [-0.2, -0.15) is 0 Å². The molecule has 1 rings (SSSR count). The van der Waals surface area contributed by atoms with Crippen LogP contribution in [0.25, 0.3) is 0 Å². The molecule has 3 amide bonds. The van der Waals surface area contributed by atoms with E-state index in [4.69, 9.17) is 21.7 Å². The summed E-state index contributed by atoms with van der Waals surface area (Å²) in [5, 5.41) is 43.8. The van der Waals surface area contributed by atoms with Gasteiger partial charge in [-0.1, -0.05) is 12.1 Å². The van der Waals surface area contributed by atoms with Gasteiger partial charge in [0.05, 0.1) is 13.0 Å². The van der Waals surface area contributed by atoms with E-state index >= 15 is 0 Å². The van der Waals surface area contributed by atoms with Gasteiger partial charge in [-0.15, -0.1) is 0 Å². The number of nitrogens with one attached hydrogen (secondary N) is 3. The highest BCUT2D eigenvalue weighted by Crippen LogP contribution is 2.12. The molecule has 0 saturated carbocycles. The van der Waals surface area contributed by atoms with E-state index < -0.39 is 66.9 Å². The third kappa shape index (κ3) is 10.7. The van der Waals surface area contributed by atoms with Crippen molar-refractivity contribution < 1.29 is 44.4 Å². The summed E-state index contributed by atoms with van der Waals surface area (Å²) in [7, 11) is 0. The number of carboxylic acid groups (broad SMARTS) is 2. The van der Waals surface area contributed by atoms with Gasteiger partial charge in [0.1, 0.15) is 29.9 Å². The lowest BCUT2D eigenvalue weighted by Gasteiger charge is -2.25. The van der Waals surface area contributed by atoms with Crippen LogP contribution in [0.1, 0.15) is 31.2 Å². The number of unbranched alkanes of at least 4 members (excludes halogenated alkanes) is 1. The van der Waals surface area contributed by atoms with Gasteiger partial charge in [-0.05, 0) is 43.5 Å². The number of carbonyl (C=O) groups excluding carboxylic acids is 3. The zero-order valence-electron chi connectivity index (χ0n) is 19.6. The molecule has 1 aromatic carbocycles. The Balaban J connectivity index is 3.15. The lowest BCUT2D eigenvalue weighted by molar-refractivity contribution is -0.147. The molecule has 0 aromatic heterocycles. The van der Waals surface area contributed by atoms with Crippen LogP contribution in [-0.4, -0.2) is 87.4 Å². The predicted octanol–water partition coefficient (Wildman–Crippen LogP) is -2.60. The van der Waals surface area contributed by atoms with Crippen LogP contribution in [0, 0.1) is 0 Å².